The second kappa shape index (κ2) is 14.5. The quantitative estimate of drug-likeness (QED) is 0.334. The molecule has 5 aliphatic rings. The molecule has 14 nitrogen and oxygen atoms in total. The summed E-state index contributed by atoms with van der Waals surface area (Å²) < 4.78 is 33.7. The number of allylic oxidation sites excluding steroid dienone is 1. The average molecular weight is 727 g/mol. The van der Waals surface area contributed by atoms with Gasteiger partial charge >= 0.3 is 12.1 Å². The van der Waals surface area contributed by atoms with Crippen LogP contribution in [0.5, 0.6) is 0 Å². The molecule has 2 saturated carbocycles. The fraction of sp³-hybridized carbons (Fsp3) is 0.639. The van der Waals surface area contributed by atoms with Crippen molar-refractivity contribution in [1.29, 1.82) is 0 Å². The number of hydrogen-bond acceptors (Lipinski definition) is 8. The van der Waals surface area contributed by atoms with Crippen molar-refractivity contribution < 1.29 is 37.1 Å². The van der Waals surface area contributed by atoms with Gasteiger partial charge in [0.1, 0.15) is 23.7 Å². The van der Waals surface area contributed by atoms with Gasteiger partial charge in [-0.1, -0.05) is 49.3 Å². The lowest BCUT2D eigenvalue weighted by Crippen LogP contribution is -2.59. The smallest absolute Gasteiger partial charge is 0.410 e. The summed E-state index contributed by atoms with van der Waals surface area (Å²) in [5.74, 6) is -2.39. The molecule has 278 valence electrons. The van der Waals surface area contributed by atoms with E-state index in [4.69, 9.17) is 4.74 Å². The van der Waals surface area contributed by atoms with Gasteiger partial charge in [-0.05, 0) is 76.8 Å². The molecule has 1 aromatic rings. The van der Waals surface area contributed by atoms with E-state index in [0.717, 1.165) is 18.4 Å². The van der Waals surface area contributed by atoms with Crippen LogP contribution in [0.4, 0.5) is 9.59 Å². The number of sulfonamides is 1. The first-order valence-electron chi connectivity index (χ1n) is 18.1. The molecule has 1 unspecified atom stereocenters. The maximum Gasteiger partial charge on any atom is 0.410 e. The highest BCUT2D eigenvalue weighted by atomic mass is 32.2. The van der Waals surface area contributed by atoms with Gasteiger partial charge in [0.2, 0.25) is 21.8 Å². The molecule has 0 aromatic heterocycles. The molecule has 6 amide bonds. The third-order valence-electron chi connectivity index (χ3n) is 10.3. The van der Waals surface area contributed by atoms with Gasteiger partial charge in [0.15, 0.2) is 0 Å². The minimum Gasteiger partial charge on any atom is -0.444 e. The minimum atomic E-state index is -3.89. The van der Waals surface area contributed by atoms with Gasteiger partial charge < -0.3 is 30.5 Å². The Morgan fingerprint density at radius 2 is 1.76 bits per heavy atom. The molecule has 5 atom stereocenters. The third-order valence-corrected chi connectivity index (χ3v) is 12.1. The molecule has 3 aliphatic heterocycles. The van der Waals surface area contributed by atoms with Crippen molar-refractivity contribution in [2.24, 2.45) is 5.92 Å². The number of nitrogens with zero attached hydrogens (tertiary/aromatic N) is 2. The van der Waals surface area contributed by atoms with E-state index in [1.54, 1.807) is 4.90 Å². The first-order chi connectivity index (χ1) is 24.1. The van der Waals surface area contributed by atoms with Crippen LogP contribution in [0, 0.1) is 5.92 Å². The molecule has 6 rings (SSSR count). The summed E-state index contributed by atoms with van der Waals surface area (Å²) >= 11 is 0. The zero-order chi connectivity index (χ0) is 36.6. The fourth-order valence-electron chi connectivity index (χ4n) is 7.25. The van der Waals surface area contributed by atoms with Crippen molar-refractivity contribution in [2.45, 2.75) is 126 Å². The van der Waals surface area contributed by atoms with Crippen molar-refractivity contribution in [3.05, 3.63) is 47.5 Å². The van der Waals surface area contributed by atoms with Crippen molar-refractivity contribution in [1.82, 2.24) is 30.5 Å². The Labute approximate surface area is 299 Å². The number of urea groups is 1. The number of amides is 6. The van der Waals surface area contributed by atoms with E-state index in [0.29, 0.717) is 51.6 Å². The molecule has 1 aromatic carbocycles. The number of fused-ring (bicyclic) bond motifs is 3. The summed E-state index contributed by atoms with van der Waals surface area (Å²) in [7, 11) is -3.89. The Morgan fingerprint density at radius 1 is 1.02 bits per heavy atom. The van der Waals surface area contributed by atoms with Crippen molar-refractivity contribution >= 4 is 39.9 Å². The number of ether oxygens (including phenoxy) is 1. The molecule has 4 N–H and O–H groups in total. The van der Waals surface area contributed by atoms with Gasteiger partial charge in [-0.3, -0.25) is 19.1 Å². The predicted molar refractivity (Wildman–Crippen MR) is 187 cm³/mol. The summed E-state index contributed by atoms with van der Waals surface area (Å²) in [5.41, 5.74) is 0.120. The number of rotatable bonds is 5. The van der Waals surface area contributed by atoms with E-state index in [-0.39, 0.29) is 19.4 Å². The zero-order valence-electron chi connectivity index (χ0n) is 29.6. The van der Waals surface area contributed by atoms with Crippen LogP contribution in [0.3, 0.4) is 0 Å². The van der Waals surface area contributed by atoms with Gasteiger partial charge in [-0.25, -0.2) is 18.0 Å². The average Bonchev–Trinajstić information content (AvgIpc) is 3.99. The highest BCUT2D eigenvalue weighted by molar-refractivity contribution is 7.91. The summed E-state index contributed by atoms with van der Waals surface area (Å²) in [4.78, 5) is 71.5. The van der Waals surface area contributed by atoms with Crippen LogP contribution in [0.25, 0.3) is 0 Å². The Bertz CT molecular complexity index is 1690. The molecule has 51 heavy (non-hydrogen) atoms. The molecule has 2 aliphatic carbocycles. The lowest BCUT2D eigenvalue weighted by Gasteiger charge is -2.31. The van der Waals surface area contributed by atoms with Gasteiger partial charge in [0.25, 0.3) is 5.91 Å². The monoisotopic (exact) mass is 726 g/mol. The van der Waals surface area contributed by atoms with Gasteiger partial charge in [-0.2, -0.15) is 0 Å². The van der Waals surface area contributed by atoms with Gasteiger partial charge in [0, 0.05) is 31.0 Å². The Balaban J connectivity index is 1.25. The highest BCUT2D eigenvalue weighted by Crippen LogP contribution is 2.46. The SMILES string of the molecule is CC(C)(C)NC(=O)N[C@H]1CCCCC/C=C\[C@@H]2C[C@@]2(C(=O)NS(=O)(=O)C2CC2)NC(=O)C2C[C@@H](OC(=O)N3CCc4ccccc4C3)CN2C1=O. The van der Waals surface area contributed by atoms with E-state index < -0.39 is 80.3 Å². The first kappa shape index (κ1) is 36.6. The largest absolute Gasteiger partial charge is 0.444 e. The molecular weight excluding hydrogens is 676 g/mol. The zero-order valence-corrected chi connectivity index (χ0v) is 30.4. The second-order valence-electron chi connectivity index (χ2n) is 15.6. The fourth-order valence-corrected chi connectivity index (χ4v) is 8.61. The second-order valence-corrected chi connectivity index (χ2v) is 17.6. The van der Waals surface area contributed by atoms with Crippen molar-refractivity contribution in [2.75, 3.05) is 13.1 Å². The number of carbonyl (C=O) groups is 5. The highest BCUT2D eigenvalue weighted by Gasteiger charge is 2.62. The maximum absolute atomic E-state index is 14.3. The van der Waals surface area contributed by atoms with E-state index in [2.05, 4.69) is 20.7 Å². The molecule has 3 heterocycles. The van der Waals surface area contributed by atoms with E-state index >= 15 is 0 Å². The van der Waals surface area contributed by atoms with Gasteiger partial charge in [0.05, 0.1) is 11.8 Å². The molecule has 1 saturated heterocycles. The molecule has 0 radical (unpaired) electrons. The predicted octanol–water partition coefficient (Wildman–Crippen LogP) is 2.62. The standard InChI is InChI=1S/C36H50N6O8S/c1-35(2,3)39-33(46)37-28-14-8-6-4-5-7-13-25-20-36(25,32(45)40-51(48,49)27-15-16-27)38-30(43)29-19-26(22-42(29)31(28)44)50-34(47)41-18-17-23-11-9-10-12-24(23)21-41/h7,9-13,25-29H,4-6,8,14-22H2,1-3H3,(H,38,43)(H,40,45)(H2,37,39,46)/b13-7-/t25-,26-,28+,29?,36-/m1/s1. The number of hydrogen-bond donors (Lipinski definition) is 4. The van der Waals surface area contributed by atoms with Crippen LogP contribution in [0.2, 0.25) is 0 Å². The van der Waals surface area contributed by atoms with E-state index in [1.807, 2.05) is 57.2 Å². The van der Waals surface area contributed by atoms with Crippen LogP contribution in [0.1, 0.15) is 89.7 Å². The lowest BCUT2D eigenvalue weighted by molar-refractivity contribution is -0.141. The summed E-state index contributed by atoms with van der Waals surface area (Å²) in [6.45, 7) is 6.22. The normalized spacial score (nSPS) is 29.2. The number of benzene rings is 1. The summed E-state index contributed by atoms with van der Waals surface area (Å²) in [5, 5.41) is 7.85. The van der Waals surface area contributed by atoms with Crippen molar-refractivity contribution in [3.8, 4) is 0 Å². The van der Waals surface area contributed by atoms with Crippen LogP contribution in [-0.4, -0.2) is 95.7 Å². The molecule has 0 spiro atoms. The third kappa shape index (κ3) is 8.67. The topological polar surface area (TPSA) is 183 Å². The Morgan fingerprint density at radius 3 is 2.49 bits per heavy atom. The number of carbonyl (C=O) groups excluding carboxylic acids is 5. The molecule has 0 bridgehead atoms. The maximum atomic E-state index is 14.3. The summed E-state index contributed by atoms with van der Waals surface area (Å²) in [6, 6.07) is 5.24. The van der Waals surface area contributed by atoms with Crippen LogP contribution < -0.4 is 20.7 Å². The van der Waals surface area contributed by atoms with Crippen LogP contribution in [0.15, 0.2) is 36.4 Å². The summed E-state index contributed by atoms with van der Waals surface area (Å²) in [6.07, 6.45) is 7.40. The molecular formula is C36H50N6O8S. The molecule has 3 fully saturated rings. The van der Waals surface area contributed by atoms with Crippen molar-refractivity contribution in [3.63, 3.8) is 0 Å². The Hall–Kier alpha value is -4.14. The van der Waals surface area contributed by atoms with Crippen LogP contribution >= 0.6 is 0 Å². The minimum absolute atomic E-state index is 0.0345. The van der Waals surface area contributed by atoms with Gasteiger partial charge in [-0.15, -0.1) is 0 Å². The van der Waals surface area contributed by atoms with E-state index in [9.17, 15) is 32.4 Å². The lowest BCUT2D eigenvalue weighted by atomic mass is 10.0. The first-order valence-corrected chi connectivity index (χ1v) is 19.7. The number of nitrogens with one attached hydrogen (secondary N) is 4. The van der Waals surface area contributed by atoms with E-state index in [1.165, 1.54) is 10.5 Å². The van der Waals surface area contributed by atoms with Crippen LogP contribution in [-0.2, 0) is 42.1 Å². The Kier molecular flexibility index (Phi) is 10.4. The molecule has 15 heteroatoms.